The minimum absolute atomic E-state index is 0.347. The van der Waals surface area contributed by atoms with Crippen LogP contribution in [0.15, 0.2) is 42.9 Å². The molecule has 3 aromatic rings. The molecule has 1 saturated carbocycles. The van der Waals surface area contributed by atoms with E-state index in [1.54, 1.807) is 6.92 Å². The van der Waals surface area contributed by atoms with E-state index < -0.39 is 35.6 Å². The Labute approximate surface area is 155 Å². The third-order valence-electron chi connectivity index (χ3n) is 5.87. The largest absolute Gasteiger partial charge is 0.390 e. The van der Waals surface area contributed by atoms with Crippen LogP contribution in [-0.2, 0) is 5.60 Å². The lowest BCUT2D eigenvalue weighted by Gasteiger charge is -2.33. The van der Waals surface area contributed by atoms with E-state index in [4.69, 9.17) is 0 Å². The summed E-state index contributed by atoms with van der Waals surface area (Å²) in [5.41, 5.74) is 0.593. The van der Waals surface area contributed by atoms with E-state index in [0.29, 0.717) is 17.6 Å². The molecule has 142 valence electrons. The molecule has 0 amide bonds. The highest BCUT2D eigenvalue weighted by atomic mass is 19.1. The summed E-state index contributed by atoms with van der Waals surface area (Å²) in [6.07, 6.45) is 1.45. The number of hydrogen-bond acceptors (Lipinski definition) is 5. The van der Waals surface area contributed by atoms with Crippen LogP contribution in [-0.4, -0.2) is 42.1 Å². The van der Waals surface area contributed by atoms with Crippen LogP contribution in [0.3, 0.4) is 0 Å². The second kappa shape index (κ2) is 6.37. The van der Waals surface area contributed by atoms with E-state index in [1.165, 1.54) is 30.6 Å². The normalized spacial score (nSPS) is 27.8. The molecule has 1 aromatic carbocycles. The maximum absolute atomic E-state index is 13.2. The zero-order chi connectivity index (χ0) is 19.3. The first-order valence-electron chi connectivity index (χ1n) is 8.93. The molecule has 4 rings (SSSR count). The molecular formula is C20H22FN3O3. The molecule has 0 saturated heterocycles. The monoisotopic (exact) mass is 371 g/mol. The fourth-order valence-corrected chi connectivity index (χ4v) is 4.21. The van der Waals surface area contributed by atoms with Gasteiger partial charge in [-0.1, -0.05) is 12.1 Å². The smallest absolute Gasteiger partial charge is 0.143 e. The second-order valence-electron chi connectivity index (χ2n) is 7.46. The summed E-state index contributed by atoms with van der Waals surface area (Å²) in [6.45, 7) is 3.47. The summed E-state index contributed by atoms with van der Waals surface area (Å²) < 4.78 is 15.1. The van der Waals surface area contributed by atoms with Crippen molar-refractivity contribution in [2.24, 2.45) is 5.92 Å². The van der Waals surface area contributed by atoms with Crippen LogP contribution in [0.25, 0.3) is 11.0 Å². The summed E-state index contributed by atoms with van der Waals surface area (Å²) in [5.74, 6) is -1.02. The second-order valence-corrected chi connectivity index (χ2v) is 7.46. The molecule has 0 radical (unpaired) electrons. The molecule has 2 aromatic heterocycles. The van der Waals surface area contributed by atoms with Crippen LogP contribution in [0.4, 0.5) is 4.39 Å². The van der Waals surface area contributed by atoms with Crippen molar-refractivity contribution in [3.05, 3.63) is 59.9 Å². The third-order valence-corrected chi connectivity index (χ3v) is 5.87. The van der Waals surface area contributed by atoms with Crippen molar-refractivity contribution in [1.82, 2.24) is 14.5 Å². The summed E-state index contributed by atoms with van der Waals surface area (Å²) in [6, 6.07) is 7.00. The third kappa shape index (κ3) is 2.82. The molecule has 5 atom stereocenters. The summed E-state index contributed by atoms with van der Waals surface area (Å²) in [4.78, 5) is 8.49. The van der Waals surface area contributed by atoms with Gasteiger partial charge in [0.1, 0.15) is 23.9 Å². The van der Waals surface area contributed by atoms with Gasteiger partial charge in [0, 0.05) is 17.5 Å². The van der Waals surface area contributed by atoms with Crippen LogP contribution in [0.5, 0.6) is 0 Å². The lowest BCUT2D eigenvalue weighted by Crippen LogP contribution is -2.40. The minimum Gasteiger partial charge on any atom is -0.390 e. The number of rotatable bonds is 3. The van der Waals surface area contributed by atoms with E-state index in [0.717, 1.165) is 11.1 Å². The molecular weight excluding hydrogens is 349 g/mol. The van der Waals surface area contributed by atoms with Crippen LogP contribution < -0.4 is 0 Å². The summed E-state index contributed by atoms with van der Waals surface area (Å²) >= 11 is 0. The molecule has 0 bridgehead atoms. The van der Waals surface area contributed by atoms with Crippen LogP contribution in [0.2, 0.25) is 0 Å². The topological polar surface area (TPSA) is 91.4 Å². The van der Waals surface area contributed by atoms with Crippen molar-refractivity contribution in [3.8, 4) is 0 Å². The zero-order valence-corrected chi connectivity index (χ0v) is 15.1. The highest BCUT2D eigenvalue weighted by Gasteiger charge is 2.50. The maximum Gasteiger partial charge on any atom is 0.143 e. The molecule has 0 spiro atoms. The zero-order valence-electron chi connectivity index (χ0n) is 15.1. The Balaban J connectivity index is 1.70. The molecule has 7 heteroatoms. The van der Waals surface area contributed by atoms with Crippen molar-refractivity contribution < 1.29 is 19.7 Å². The number of hydrogen-bond donors (Lipinski definition) is 3. The van der Waals surface area contributed by atoms with Crippen molar-refractivity contribution >= 4 is 11.0 Å². The quantitative estimate of drug-likeness (QED) is 0.656. The standard InChI is InChI=1S/C20H22FN3O3/c1-11-14-7-8-24(19(14)23-10-22-11)16-9-15(17(25)18(16)26)20(2,27)12-3-5-13(21)6-4-12/h3-8,10,15-18,25-27H,9H2,1-2H3/t15?,16?,17-,18?,20?/m1/s1. The maximum atomic E-state index is 13.2. The van der Waals surface area contributed by atoms with Crippen LogP contribution in [0.1, 0.15) is 30.6 Å². The van der Waals surface area contributed by atoms with Crippen molar-refractivity contribution in [2.45, 2.75) is 44.1 Å². The molecule has 1 aliphatic rings. The molecule has 0 aliphatic heterocycles. The molecule has 3 N–H and O–H groups in total. The molecule has 2 heterocycles. The van der Waals surface area contributed by atoms with Gasteiger partial charge < -0.3 is 19.9 Å². The first kappa shape index (κ1) is 18.0. The summed E-state index contributed by atoms with van der Waals surface area (Å²) in [5, 5.41) is 33.4. The number of aliphatic hydroxyl groups excluding tert-OH is 2. The predicted octanol–water partition coefficient (Wildman–Crippen LogP) is 2.07. The highest BCUT2D eigenvalue weighted by Crippen LogP contribution is 2.45. The first-order valence-corrected chi connectivity index (χ1v) is 8.93. The Morgan fingerprint density at radius 1 is 1.11 bits per heavy atom. The van der Waals surface area contributed by atoms with Gasteiger partial charge >= 0.3 is 0 Å². The Kier molecular flexibility index (Phi) is 4.25. The minimum atomic E-state index is -1.42. The number of fused-ring (bicyclic) bond motifs is 1. The molecule has 6 nitrogen and oxygen atoms in total. The Morgan fingerprint density at radius 2 is 1.81 bits per heavy atom. The van der Waals surface area contributed by atoms with E-state index in [2.05, 4.69) is 9.97 Å². The van der Waals surface area contributed by atoms with Crippen molar-refractivity contribution in [3.63, 3.8) is 0 Å². The van der Waals surface area contributed by atoms with Crippen molar-refractivity contribution in [1.29, 1.82) is 0 Å². The lowest BCUT2D eigenvalue weighted by molar-refractivity contribution is -0.0752. The fourth-order valence-electron chi connectivity index (χ4n) is 4.21. The number of benzene rings is 1. The van der Waals surface area contributed by atoms with Gasteiger partial charge in [0.15, 0.2) is 0 Å². The molecule has 4 unspecified atom stereocenters. The van der Waals surface area contributed by atoms with E-state index in [1.807, 2.05) is 23.8 Å². The average Bonchev–Trinajstić information content (AvgIpc) is 3.19. The first-order chi connectivity index (χ1) is 12.8. The lowest BCUT2D eigenvalue weighted by atomic mass is 9.80. The van der Waals surface area contributed by atoms with Gasteiger partial charge in [0.25, 0.3) is 0 Å². The number of aliphatic hydroxyl groups is 3. The number of aromatic nitrogens is 3. The van der Waals surface area contributed by atoms with Gasteiger partial charge in [-0.05, 0) is 44.0 Å². The Bertz CT molecular complexity index is 970. The number of nitrogens with zero attached hydrogens (tertiary/aromatic N) is 3. The van der Waals surface area contributed by atoms with E-state index in [9.17, 15) is 19.7 Å². The number of halogens is 1. The van der Waals surface area contributed by atoms with Gasteiger partial charge in [-0.25, -0.2) is 14.4 Å². The summed E-state index contributed by atoms with van der Waals surface area (Å²) in [7, 11) is 0. The van der Waals surface area contributed by atoms with Gasteiger partial charge in [-0.3, -0.25) is 0 Å². The fraction of sp³-hybridized carbons (Fsp3) is 0.400. The SMILES string of the molecule is Cc1ncnc2c1ccn2C1CC(C(C)(O)c2ccc(F)cc2)[C@@H](O)C1O. The Morgan fingerprint density at radius 3 is 2.52 bits per heavy atom. The van der Waals surface area contributed by atoms with Gasteiger partial charge in [-0.15, -0.1) is 0 Å². The van der Waals surface area contributed by atoms with Crippen LogP contribution >= 0.6 is 0 Å². The van der Waals surface area contributed by atoms with Gasteiger partial charge in [0.05, 0.1) is 23.4 Å². The number of aryl methyl sites for hydroxylation is 1. The van der Waals surface area contributed by atoms with E-state index >= 15 is 0 Å². The Hall–Kier alpha value is -2.35. The molecule has 1 fully saturated rings. The molecule has 1 aliphatic carbocycles. The van der Waals surface area contributed by atoms with Crippen molar-refractivity contribution in [2.75, 3.05) is 0 Å². The highest BCUT2D eigenvalue weighted by molar-refractivity contribution is 5.78. The van der Waals surface area contributed by atoms with Gasteiger partial charge in [0.2, 0.25) is 0 Å². The predicted molar refractivity (Wildman–Crippen MR) is 97.4 cm³/mol. The van der Waals surface area contributed by atoms with Crippen LogP contribution in [0, 0.1) is 18.7 Å². The average molecular weight is 371 g/mol. The van der Waals surface area contributed by atoms with Gasteiger partial charge in [-0.2, -0.15) is 0 Å². The van der Waals surface area contributed by atoms with E-state index in [-0.39, 0.29) is 0 Å². The molecule has 27 heavy (non-hydrogen) atoms.